The highest BCUT2D eigenvalue weighted by molar-refractivity contribution is 4.91. The third kappa shape index (κ3) is 3.12. The van der Waals surface area contributed by atoms with Crippen molar-refractivity contribution in [2.45, 2.75) is 57.3 Å². The molecule has 6 unspecified atom stereocenters. The summed E-state index contributed by atoms with van der Waals surface area (Å²) in [5, 5.41) is 18.7. The van der Waals surface area contributed by atoms with Crippen LogP contribution in [0.3, 0.4) is 0 Å². The topological polar surface area (TPSA) is 102 Å². The van der Waals surface area contributed by atoms with Crippen molar-refractivity contribution in [2.75, 3.05) is 0 Å². The SMILES string of the molecule is CC(O)C(N)C(N)C1OC(O)CCC1C. The first-order valence-corrected chi connectivity index (χ1v) is 5.46. The van der Waals surface area contributed by atoms with Gasteiger partial charge in [0.1, 0.15) is 0 Å². The van der Waals surface area contributed by atoms with E-state index >= 15 is 0 Å². The zero-order valence-corrected chi connectivity index (χ0v) is 9.34. The Morgan fingerprint density at radius 2 is 1.93 bits per heavy atom. The number of aliphatic hydroxyl groups excluding tert-OH is 2. The van der Waals surface area contributed by atoms with E-state index < -0.39 is 24.5 Å². The lowest BCUT2D eigenvalue weighted by molar-refractivity contribution is -0.188. The van der Waals surface area contributed by atoms with Gasteiger partial charge in [0.15, 0.2) is 6.29 Å². The van der Waals surface area contributed by atoms with Crippen LogP contribution in [-0.4, -0.2) is 40.8 Å². The highest BCUT2D eigenvalue weighted by atomic mass is 16.6. The van der Waals surface area contributed by atoms with Gasteiger partial charge in [0, 0.05) is 12.1 Å². The summed E-state index contributed by atoms with van der Waals surface area (Å²) in [6.45, 7) is 3.62. The number of hydrogen-bond acceptors (Lipinski definition) is 5. The van der Waals surface area contributed by atoms with Crippen LogP contribution in [0.1, 0.15) is 26.7 Å². The fraction of sp³-hybridized carbons (Fsp3) is 1.00. The number of ether oxygens (including phenoxy) is 1. The predicted molar refractivity (Wildman–Crippen MR) is 56.9 cm³/mol. The molecule has 15 heavy (non-hydrogen) atoms. The Morgan fingerprint density at radius 3 is 2.47 bits per heavy atom. The molecule has 0 radical (unpaired) electrons. The van der Waals surface area contributed by atoms with Gasteiger partial charge in [0.2, 0.25) is 0 Å². The van der Waals surface area contributed by atoms with Gasteiger partial charge in [-0.1, -0.05) is 6.92 Å². The van der Waals surface area contributed by atoms with Gasteiger partial charge in [-0.3, -0.25) is 0 Å². The van der Waals surface area contributed by atoms with Crippen molar-refractivity contribution in [3.8, 4) is 0 Å². The van der Waals surface area contributed by atoms with Gasteiger partial charge in [0.25, 0.3) is 0 Å². The Labute approximate surface area is 90.4 Å². The summed E-state index contributed by atoms with van der Waals surface area (Å²) in [7, 11) is 0. The summed E-state index contributed by atoms with van der Waals surface area (Å²) in [4.78, 5) is 0. The van der Waals surface area contributed by atoms with Crippen molar-refractivity contribution in [3.05, 3.63) is 0 Å². The van der Waals surface area contributed by atoms with E-state index in [1.807, 2.05) is 6.92 Å². The summed E-state index contributed by atoms with van der Waals surface area (Å²) >= 11 is 0. The third-order valence-electron chi connectivity index (χ3n) is 3.12. The lowest BCUT2D eigenvalue weighted by Crippen LogP contribution is -2.58. The fourth-order valence-corrected chi connectivity index (χ4v) is 1.96. The van der Waals surface area contributed by atoms with Gasteiger partial charge in [-0.15, -0.1) is 0 Å². The molecule has 0 bridgehead atoms. The first-order valence-electron chi connectivity index (χ1n) is 5.46. The molecule has 6 N–H and O–H groups in total. The second-order valence-corrected chi connectivity index (χ2v) is 4.51. The monoisotopic (exact) mass is 218 g/mol. The first-order chi connectivity index (χ1) is 6.93. The average Bonchev–Trinajstić information content (AvgIpc) is 2.19. The van der Waals surface area contributed by atoms with Crippen LogP contribution in [0.2, 0.25) is 0 Å². The van der Waals surface area contributed by atoms with Crippen molar-refractivity contribution < 1.29 is 14.9 Å². The molecular formula is C10H22N2O3. The highest BCUT2D eigenvalue weighted by Gasteiger charge is 2.35. The molecule has 1 aliphatic heterocycles. The predicted octanol–water partition coefficient (Wildman–Crippen LogP) is -0.845. The Hall–Kier alpha value is -0.200. The van der Waals surface area contributed by atoms with Crippen molar-refractivity contribution in [1.29, 1.82) is 0 Å². The Kier molecular flexibility index (Phi) is 4.48. The summed E-state index contributed by atoms with van der Waals surface area (Å²) in [5.41, 5.74) is 11.7. The Bertz CT molecular complexity index is 201. The Balaban J connectivity index is 2.60. The molecular weight excluding hydrogens is 196 g/mol. The van der Waals surface area contributed by atoms with Crippen molar-refractivity contribution in [3.63, 3.8) is 0 Å². The number of aliphatic hydroxyl groups is 2. The molecule has 90 valence electrons. The molecule has 1 rings (SSSR count). The number of nitrogens with two attached hydrogens (primary N) is 2. The minimum atomic E-state index is -0.751. The lowest BCUT2D eigenvalue weighted by Gasteiger charge is -2.38. The second kappa shape index (κ2) is 5.23. The molecule has 1 heterocycles. The quantitative estimate of drug-likeness (QED) is 0.494. The zero-order valence-electron chi connectivity index (χ0n) is 9.34. The van der Waals surface area contributed by atoms with Crippen LogP contribution in [0.25, 0.3) is 0 Å². The molecule has 1 saturated heterocycles. The first kappa shape index (κ1) is 12.9. The van der Waals surface area contributed by atoms with E-state index in [1.54, 1.807) is 6.92 Å². The molecule has 0 aromatic carbocycles. The number of hydrogen-bond donors (Lipinski definition) is 4. The standard InChI is InChI=1S/C10H22N2O3/c1-5-3-4-7(14)15-10(5)9(12)8(11)6(2)13/h5-10,13-14H,3-4,11-12H2,1-2H3. The lowest BCUT2D eigenvalue weighted by atomic mass is 9.87. The second-order valence-electron chi connectivity index (χ2n) is 4.51. The summed E-state index contributed by atoms with van der Waals surface area (Å²) < 4.78 is 5.37. The van der Waals surface area contributed by atoms with Crippen LogP contribution in [-0.2, 0) is 4.74 Å². The fourth-order valence-electron chi connectivity index (χ4n) is 1.96. The van der Waals surface area contributed by atoms with Crippen LogP contribution >= 0.6 is 0 Å². The largest absolute Gasteiger partial charge is 0.392 e. The van der Waals surface area contributed by atoms with E-state index in [0.717, 1.165) is 6.42 Å². The molecule has 1 fully saturated rings. The van der Waals surface area contributed by atoms with Crippen LogP contribution in [0, 0.1) is 5.92 Å². The van der Waals surface area contributed by atoms with Crippen molar-refractivity contribution in [2.24, 2.45) is 17.4 Å². The molecule has 0 aromatic heterocycles. The Morgan fingerprint density at radius 1 is 1.33 bits per heavy atom. The van der Waals surface area contributed by atoms with E-state index in [2.05, 4.69) is 0 Å². The highest BCUT2D eigenvalue weighted by Crippen LogP contribution is 2.26. The molecule has 5 nitrogen and oxygen atoms in total. The van der Waals surface area contributed by atoms with Crippen LogP contribution < -0.4 is 11.5 Å². The van der Waals surface area contributed by atoms with Gasteiger partial charge >= 0.3 is 0 Å². The van der Waals surface area contributed by atoms with E-state index in [9.17, 15) is 10.2 Å². The molecule has 0 aromatic rings. The molecule has 1 aliphatic rings. The molecule has 0 spiro atoms. The van der Waals surface area contributed by atoms with Crippen molar-refractivity contribution >= 4 is 0 Å². The van der Waals surface area contributed by atoms with Gasteiger partial charge < -0.3 is 26.4 Å². The smallest absolute Gasteiger partial charge is 0.155 e. The minimum absolute atomic E-state index is 0.258. The zero-order chi connectivity index (χ0) is 11.6. The molecule has 6 atom stereocenters. The van der Waals surface area contributed by atoms with Crippen LogP contribution in [0.15, 0.2) is 0 Å². The van der Waals surface area contributed by atoms with Gasteiger partial charge in [-0.25, -0.2) is 0 Å². The van der Waals surface area contributed by atoms with Gasteiger partial charge in [0.05, 0.1) is 12.2 Å². The molecule has 0 saturated carbocycles. The maximum atomic E-state index is 9.39. The molecule has 0 amide bonds. The maximum absolute atomic E-state index is 9.39. The van der Waals surface area contributed by atoms with E-state index in [0.29, 0.717) is 6.42 Å². The van der Waals surface area contributed by atoms with E-state index in [4.69, 9.17) is 16.2 Å². The number of rotatable bonds is 3. The van der Waals surface area contributed by atoms with E-state index in [-0.39, 0.29) is 12.0 Å². The summed E-state index contributed by atoms with van der Waals surface area (Å²) in [5.74, 6) is 0.258. The van der Waals surface area contributed by atoms with Crippen molar-refractivity contribution in [1.82, 2.24) is 0 Å². The van der Waals surface area contributed by atoms with E-state index in [1.165, 1.54) is 0 Å². The summed E-state index contributed by atoms with van der Waals surface area (Å²) in [6, 6.07) is -0.974. The van der Waals surface area contributed by atoms with Gasteiger partial charge in [-0.05, 0) is 25.7 Å². The minimum Gasteiger partial charge on any atom is -0.392 e. The van der Waals surface area contributed by atoms with Crippen LogP contribution in [0.4, 0.5) is 0 Å². The maximum Gasteiger partial charge on any atom is 0.155 e. The van der Waals surface area contributed by atoms with Gasteiger partial charge in [-0.2, -0.15) is 0 Å². The summed E-state index contributed by atoms with van der Waals surface area (Å²) in [6.07, 6.45) is -0.202. The average molecular weight is 218 g/mol. The molecule has 5 heteroatoms. The molecule has 0 aliphatic carbocycles. The van der Waals surface area contributed by atoms with Crippen LogP contribution in [0.5, 0.6) is 0 Å². The third-order valence-corrected chi connectivity index (χ3v) is 3.12. The normalized spacial score (nSPS) is 38.4.